The third-order valence-electron chi connectivity index (χ3n) is 3.55. The van der Waals surface area contributed by atoms with Gasteiger partial charge in [0, 0.05) is 37.1 Å². The Balaban J connectivity index is 1.73. The van der Waals surface area contributed by atoms with Crippen LogP contribution in [0, 0.1) is 0 Å². The first-order valence-electron chi connectivity index (χ1n) is 6.98. The van der Waals surface area contributed by atoms with E-state index in [2.05, 4.69) is 44.8 Å². The van der Waals surface area contributed by atoms with E-state index >= 15 is 0 Å². The number of hydrogen-bond acceptors (Lipinski definition) is 3. The van der Waals surface area contributed by atoms with Gasteiger partial charge in [-0.15, -0.1) is 0 Å². The van der Waals surface area contributed by atoms with Crippen LogP contribution in [0.2, 0.25) is 0 Å². The maximum absolute atomic E-state index is 11.6. The summed E-state index contributed by atoms with van der Waals surface area (Å²) in [5, 5.41) is 6.30. The highest BCUT2D eigenvalue weighted by molar-refractivity contribution is 9.10. The van der Waals surface area contributed by atoms with Crippen LogP contribution in [0.4, 0.5) is 0 Å². The van der Waals surface area contributed by atoms with E-state index in [4.69, 9.17) is 4.74 Å². The predicted molar refractivity (Wildman–Crippen MR) is 82.7 cm³/mol. The molecular formula is C15H21BrN2O2. The molecule has 1 amide bonds. The third-order valence-corrected chi connectivity index (χ3v) is 4.05. The minimum absolute atomic E-state index is 0.0728. The number of aryl methyl sites for hydroxylation is 1. The summed E-state index contributed by atoms with van der Waals surface area (Å²) in [6, 6.07) is 6.82. The molecule has 0 saturated heterocycles. The minimum atomic E-state index is 0.0728. The van der Waals surface area contributed by atoms with E-state index in [9.17, 15) is 4.79 Å². The fraction of sp³-hybridized carbons (Fsp3) is 0.533. The first kappa shape index (κ1) is 15.5. The smallest absolute Gasteiger partial charge is 0.221 e. The number of nitrogens with one attached hydrogen (secondary N) is 2. The number of ether oxygens (including phenoxy) is 1. The molecule has 0 aliphatic heterocycles. The van der Waals surface area contributed by atoms with Crippen LogP contribution in [0.5, 0.6) is 0 Å². The lowest BCUT2D eigenvalue weighted by Gasteiger charge is -2.14. The van der Waals surface area contributed by atoms with Crippen molar-refractivity contribution < 1.29 is 9.53 Å². The van der Waals surface area contributed by atoms with Crippen LogP contribution in [0.25, 0.3) is 0 Å². The number of carbonyl (C=O) groups is 1. The fourth-order valence-corrected chi connectivity index (χ4v) is 2.95. The second kappa shape index (κ2) is 7.76. The molecule has 1 unspecified atom stereocenters. The molecule has 0 fully saturated rings. The number of hydrogen-bond donors (Lipinski definition) is 2. The normalized spacial score (nSPS) is 17.0. The van der Waals surface area contributed by atoms with Crippen LogP contribution in [0.3, 0.4) is 0 Å². The molecule has 0 aromatic heterocycles. The van der Waals surface area contributed by atoms with Crippen LogP contribution >= 0.6 is 15.9 Å². The third kappa shape index (κ3) is 4.30. The van der Waals surface area contributed by atoms with Crippen LogP contribution < -0.4 is 10.6 Å². The average molecular weight is 341 g/mol. The van der Waals surface area contributed by atoms with Gasteiger partial charge in [-0.3, -0.25) is 4.79 Å². The Morgan fingerprint density at radius 1 is 1.45 bits per heavy atom. The predicted octanol–water partition coefficient (Wildman–Crippen LogP) is 2.18. The van der Waals surface area contributed by atoms with Gasteiger partial charge in [-0.2, -0.15) is 0 Å². The number of rotatable bonds is 7. The van der Waals surface area contributed by atoms with Crippen LogP contribution in [0.1, 0.15) is 30.0 Å². The molecule has 1 aromatic carbocycles. The molecule has 110 valence electrons. The standard InChI is InChI=1S/C15H21BrN2O2/c1-20-9-8-18-15(19)6-7-17-14-5-2-11-10-12(16)3-4-13(11)14/h3-4,10,14,17H,2,5-9H2,1H3,(H,18,19). The summed E-state index contributed by atoms with van der Waals surface area (Å²) in [6.45, 7) is 1.85. The summed E-state index contributed by atoms with van der Waals surface area (Å²) in [4.78, 5) is 11.6. The Hall–Kier alpha value is -0.910. The number of benzene rings is 1. The fourth-order valence-electron chi connectivity index (χ4n) is 2.54. The van der Waals surface area contributed by atoms with Crippen molar-refractivity contribution in [3.8, 4) is 0 Å². The number of methoxy groups -OCH3 is 1. The SMILES string of the molecule is COCCNC(=O)CCNC1CCc2cc(Br)ccc21. The first-order chi connectivity index (χ1) is 9.70. The lowest BCUT2D eigenvalue weighted by atomic mass is 10.1. The Bertz CT molecular complexity index is 465. The maximum atomic E-state index is 11.6. The Labute approximate surface area is 128 Å². The molecule has 0 radical (unpaired) electrons. The van der Waals surface area contributed by atoms with Gasteiger partial charge in [0.2, 0.25) is 5.91 Å². The first-order valence-corrected chi connectivity index (χ1v) is 7.77. The van der Waals surface area contributed by atoms with Crippen molar-refractivity contribution in [3.05, 3.63) is 33.8 Å². The van der Waals surface area contributed by atoms with Crippen LogP contribution in [-0.2, 0) is 16.0 Å². The van der Waals surface area contributed by atoms with Gasteiger partial charge in [-0.05, 0) is 36.1 Å². The van der Waals surface area contributed by atoms with Gasteiger partial charge in [0.05, 0.1) is 6.61 Å². The Morgan fingerprint density at radius 2 is 2.30 bits per heavy atom. The summed E-state index contributed by atoms with van der Waals surface area (Å²) < 4.78 is 6.03. The molecule has 0 heterocycles. The molecule has 5 heteroatoms. The topological polar surface area (TPSA) is 50.4 Å². The highest BCUT2D eigenvalue weighted by Crippen LogP contribution is 2.32. The molecule has 1 atom stereocenters. The van der Waals surface area contributed by atoms with E-state index in [0.717, 1.165) is 17.3 Å². The van der Waals surface area contributed by atoms with Crippen molar-refractivity contribution >= 4 is 21.8 Å². The zero-order valence-corrected chi connectivity index (χ0v) is 13.3. The second-order valence-electron chi connectivity index (χ2n) is 4.98. The van der Waals surface area contributed by atoms with E-state index < -0.39 is 0 Å². The zero-order chi connectivity index (χ0) is 14.4. The van der Waals surface area contributed by atoms with Crippen LogP contribution in [-0.4, -0.2) is 32.7 Å². The molecule has 0 bridgehead atoms. The van der Waals surface area contributed by atoms with Gasteiger partial charge in [-0.1, -0.05) is 22.0 Å². The summed E-state index contributed by atoms with van der Waals surface area (Å²) in [5.41, 5.74) is 2.77. The molecule has 0 saturated carbocycles. The van der Waals surface area contributed by atoms with Crippen molar-refractivity contribution in [1.29, 1.82) is 0 Å². The Kier molecular flexibility index (Phi) is 6.01. The highest BCUT2D eigenvalue weighted by atomic mass is 79.9. The molecule has 1 aromatic rings. The monoisotopic (exact) mass is 340 g/mol. The molecular weight excluding hydrogens is 320 g/mol. The van der Waals surface area contributed by atoms with Crippen molar-refractivity contribution in [2.45, 2.75) is 25.3 Å². The quantitative estimate of drug-likeness (QED) is 0.748. The number of carbonyl (C=O) groups excluding carboxylic acids is 1. The average Bonchev–Trinajstić information content (AvgIpc) is 2.81. The summed E-state index contributed by atoms with van der Waals surface area (Å²) in [5.74, 6) is 0.0728. The summed E-state index contributed by atoms with van der Waals surface area (Å²) in [6.07, 6.45) is 2.72. The van der Waals surface area contributed by atoms with Gasteiger partial charge in [-0.25, -0.2) is 0 Å². The second-order valence-corrected chi connectivity index (χ2v) is 5.90. The lowest BCUT2D eigenvalue weighted by molar-refractivity contribution is -0.121. The van der Waals surface area contributed by atoms with E-state index in [1.165, 1.54) is 11.1 Å². The zero-order valence-electron chi connectivity index (χ0n) is 11.7. The highest BCUT2D eigenvalue weighted by Gasteiger charge is 2.21. The largest absolute Gasteiger partial charge is 0.383 e. The minimum Gasteiger partial charge on any atom is -0.383 e. The van der Waals surface area contributed by atoms with Gasteiger partial charge in [0.15, 0.2) is 0 Å². The van der Waals surface area contributed by atoms with Crippen molar-refractivity contribution in [2.75, 3.05) is 26.8 Å². The number of fused-ring (bicyclic) bond motifs is 1. The molecule has 4 nitrogen and oxygen atoms in total. The molecule has 1 aliphatic rings. The van der Waals surface area contributed by atoms with Gasteiger partial charge >= 0.3 is 0 Å². The molecule has 2 N–H and O–H groups in total. The molecule has 2 rings (SSSR count). The Morgan fingerprint density at radius 3 is 3.10 bits per heavy atom. The maximum Gasteiger partial charge on any atom is 0.221 e. The van der Waals surface area contributed by atoms with Crippen LogP contribution in [0.15, 0.2) is 22.7 Å². The van der Waals surface area contributed by atoms with Gasteiger partial charge < -0.3 is 15.4 Å². The number of amides is 1. The van der Waals surface area contributed by atoms with E-state index in [1.807, 2.05) is 0 Å². The van der Waals surface area contributed by atoms with Crippen molar-refractivity contribution in [3.63, 3.8) is 0 Å². The molecule has 1 aliphatic carbocycles. The number of halogens is 1. The van der Waals surface area contributed by atoms with Crippen molar-refractivity contribution in [1.82, 2.24) is 10.6 Å². The summed E-state index contributed by atoms with van der Waals surface area (Å²) >= 11 is 3.50. The molecule has 20 heavy (non-hydrogen) atoms. The van der Waals surface area contributed by atoms with E-state index in [-0.39, 0.29) is 5.91 Å². The molecule has 0 spiro atoms. The van der Waals surface area contributed by atoms with Gasteiger partial charge in [0.25, 0.3) is 0 Å². The lowest BCUT2D eigenvalue weighted by Crippen LogP contribution is -2.31. The summed E-state index contributed by atoms with van der Waals surface area (Å²) in [7, 11) is 1.63. The van der Waals surface area contributed by atoms with E-state index in [0.29, 0.717) is 32.2 Å². The van der Waals surface area contributed by atoms with Crippen molar-refractivity contribution in [2.24, 2.45) is 0 Å². The van der Waals surface area contributed by atoms with E-state index in [1.54, 1.807) is 7.11 Å². The van der Waals surface area contributed by atoms with Gasteiger partial charge in [0.1, 0.15) is 0 Å².